The van der Waals surface area contributed by atoms with Crippen LogP contribution in [0.2, 0.25) is 5.31 Å². The maximum atomic E-state index is 5.30. The Labute approximate surface area is 56.7 Å². The minimum absolute atomic E-state index is 0.0116. The van der Waals surface area contributed by atoms with Crippen LogP contribution in [0, 0.1) is 0 Å². The van der Waals surface area contributed by atoms with Gasteiger partial charge in [0.15, 0.2) is 0 Å². The van der Waals surface area contributed by atoms with Crippen LogP contribution in [-0.2, 0) is 9.31 Å². The molecule has 1 heterocycles. The Hall–Kier alpha value is -0.0151. The first-order valence-electron chi connectivity index (χ1n) is 3.34. The molecule has 2 nitrogen and oxygen atoms in total. The lowest BCUT2D eigenvalue weighted by molar-refractivity contribution is 0.337. The Morgan fingerprint density at radius 2 is 1.56 bits per heavy atom. The average Bonchev–Trinajstić information content (AvgIpc) is 2.08. The van der Waals surface area contributed by atoms with E-state index in [1.165, 1.54) is 0 Å². The van der Waals surface area contributed by atoms with E-state index in [1.807, 2.05) is 0 Å². The van der Waals surface area contributed by atoms with Gasteiger partial charge in [0.2, 0.25) is 0 Å². The van der Waals surface area contributed by atoms with Crippen LogP contribution in [0.25, 0.3) is 0 Å². The van der Waals surface area contributed by atoms with Gasteiger partial charge in [-0.2, -0.15) is 0 Å². The van der Waals surface area contributed by atoms with Crippen LogP contribution in [0.15, 0.2) is 0 Å². The molecule has 1 fully saturated rings. The first kappa shape index (κ1) is 7.10. The lowest BCUT2D eigenvalue weighted by atomic mass is 9.61. The standard InChI is InChI=1S/C6H13BO2/c1-6(2,3)7-8-4-5-9-7/h4-5H2,1-3H3. The van der Waals surface area contributed by atoms with E-state index in [1.54, 1.807) is 0 Å². The second kappa shape index (κ2) is 2.31. The van der Waals surface area contributed by atoms with Crippen molar-refractivity contribution < 1.29 is 9.31 Å². The van der Waals surface area contributed by atoms with Gasteiger partial charge in [0.25, 0.3) is 0 Å². The molecular weight excluding hydrogens is 115 g/mol. The summed E-state index contributed by atoms with van der Waals surface area (Å²) in [6.07, 6.45) is 0. The summed E-state index contributed by atoms with van der Waals surface area (Å²) in [4.78, 5) is 0. The molecule has 0 aromatic rings. The monoisotopic (exact) mass is 128 g/mol. The van der Waals surface area contributed by atoms with Crippen molar-refractivity contribution >= 4 is 7.12 Å². The maximum Gasteiger partial charge on any atom is 0.462 e. The summed E-state index contributed by atoms with van der Waals surface area (Å²) in [5, 5.41) is 0.135. The molecule has 1 aliphatic rings. The third-order valence-corrected chi connectivity index (χ3v) is 1.33. The Balaban J connectivity index is 2.42. The van der Waals surface area contributed by atoms with E-state index < -0.39 is 0 Å². The van der Waals surface area contributed by atoms with Gasteiger partial charge in [-0.15, -0.1) is 0 Å². The summed E-state index contributed by atoms with van der Waals surface area (Å²) in [6, 6.07) is 0. The molecule has 0 bridgehead atoms. The molecule has 1 aliphatic heterocycles. The van der Waals surface area contributed by atoms with Crippen molar-refractivity contribution in [3.05, 3.63) is 0 Å². The van der Waals surface area contributed by atoms with E-state index in [2.05, 4.69) is 20.8 Å². The molecule has 3 heteroatoms. The van der Waals surface area contributed by atoms with E-state index in [-0.39, 0.29) is 12.4 Å². The zero-order chi connectivity index (χ0) is 6.91. The summed E-state index contributed by atoms with van der Waals surface area (Å²) < 4.78 is 10.6. The summed E-state index contributed by atoms with van der Waals surface area (Å²) in [6.45, 7) is 7.85. The Morgan fingerprint density at radius 1 is 1.11 bits per heavy atom. The van der Waals surface area contributed by atoms with Gasteiger partial charge in [-0.05, 0) is 5.31 Å². The molecule has 0 aliphatic carbocycles. The summed E-state index contributed by atoms with van der Waals surface area (Å²) in [5.41, 5.74) is 0. The lowest BCUT2D eigenvalue weighted by Gasteiger charge is -2.19. The van der Waals surface area contributed by atoms with E-state index in [4.69, 9.17) is 9.31 Å². The topological polar surface area (TPSA) is 18.5 Å². The second-order valence-electron chi connectivity index (χ2n) is 3.44. The number of hydrogen-bond acceptors (Lipinski definition) is 2. The van der Waals surface area contributed by atoms with Crippen molar-refractivity contribution in [2.75, 3.05) is 13.2 Å². The van der Waals surface area contributed by atoms with Crippen LogP contribution < -0.4 is 0 Å². The fourth-order valence-corrected chi connectivity index (χ4v) is 0.858. The molecular formula is C6H13BO2. The second-order valence-corrected chi connectivity index (χ2v) is 3.44. The average molecular weight is 128 g/mol. The van der Waals surface area contributed by atoms with Crippen LogP contribution >= 0.6 is 0 Å². The van der Waals surface area contributed by atoms with Crippen molar-refractivity contribution in [3.8, 4) is 0 Å². The lowest BCUT2D eigenvalue weighted by Crippen LogP contribution is -2.26. The van der Waals surface area contributed by atoms with E-state index >= 15 is 0 Å². The van der Waals surface area contributed by atoms with E-state index in [0.717, 1.165) is 13.2 Å². The highest BCUT2D eigenvalue weighted by Gasteiger charge is 2.36. The minimum atomic E-state index is 0.0116. The molecule has 0 radical (unpaired) electrons. The normalized spacial score (nSPS) is 21.0. The van der Waals surface area contributed by atoms with Gasteiger partial charge in [0.05, 0.1) is 13.2 Å². The quantitative estimate of drug-likeness (QED) is 0.458. The minimum Gasteiger partial charge on any atom is -0.408 e. The van der Waals surface area contributed by atoms with Crippen LogP contribution in [0.5, 0.6) is 0 Å². The Bertz CT molecular complexity index is 91.7. The molecule has 0 amide bonds. The molecule has 9 heavy (non-hydrogen) atoms. The number of rotatable bonds is 0. The predicted molar refractivity (Wildman–Crippen MR) is 37.4 cm³/mol. The molecule has 0 unspecified atom stereocenters. The highest BCUT2D eigenvalue weighted by Crippen LogP contribution is 2.29. The first-order valence-corrected chi connectivity index (χ1v) is 3.34. The van der Waals surface area contributed by atoms with Gasteiger partial charge in [0.1, 0.15) is 0 Å². The molecule has 52 valence electrons. The molecule has 1 rings (SSSR count). The van der Waals surface area contributed by atoms with Gasteiger partial charge >= 0.3 is 7.12 Å². The summed E-state index contributed by atoms with van der Waals surface area (Å²) in [5.74, 6) is 0. The third-order valence-electron chi connectivity index (χ3n) is 1.33. The van der Waals surface area contributed by atoms with E-state index in [0.29, 0.717) is 0 Å². The van der Waals surface area contributed by atoms with Gasteiger partial charge in [-0.1, -0.05) is 20.8 Å². The fourth-order valence-electron chi connectivity index (χ4n) is 0.858. The van der Waals surface area contributed by atoms with Crippen molar-refractivity contribution in [2.45, 2.75) is 26.1 Å². The molecule has 1 saturated heterocycles. The van der Waals surface area contributed by atoms with Crippen molar-refractivity contribution in [1.29, 1.82) is 0 Å². The summed E-state index contributed by atoms with van der Waals surface area (Å²) >= 11 is 0. The highest BCUT2D eigenvalue weighted by atomic mass is 16.6. The van der Waals surface area contributed by atoms with Gasteiger partial charge in [0, 0.05) is 0 Å². The smallest absolute Gasteiger partial charge is 0.408 e. The van der Waals surface area contributed by atoms with Crippen molar-refractivity contribution in [1.82, 2.24) is 0 Å². The van der Waals surface area contributed by atoms with E-state index in [9.17, 15) is 0 Å². The van der Waals surface area contributed by atoms with Crippen LogP contribution in [0.3, 0.4) is 0 Å². The van der Waals surface area contributed by atoms with Crippen LogP contribution in [-0.4, -0.2) is 20.3 Å². The fraction of sp³-hybridized carbons (Fsp3) is 1.00. The maximum absolute atomic E-state index is 5.30. The third kappa shape index (κ3) is 1.70. The van der Waals surface area contributed by atoms with Crippen LogP contribution in [0.4, 0.5) is 0 Å². The van der Waals surface area contributed by atoms with Gasteiger partial charge < -0.3 is 9.31 Å². The molecule has 0 atom stereocenters. The molecule has 0 aromatic carbocycles. The van der Waals surface area contributed by atoms with Crippen LogP contribution in [0.1, 0.15) is 20.8 Å². The Kier molecular flexibility index (Phi) is 1.82. The predicted octanol–water partition coefficient (Wildman–Crippen LogP) is 1.32. The van der Waals surface area contributed by atoms with Gasteiger partial charge in [-0.3, -0.25) is 0 Å². The molecule has 0 saturated carbocycles. The van der Waals surface area contributed by atoms with Crippen molar-refractivity contribution in [3.63, 3.8) is 0 Å². The molecule has 0 aromatic heterocycles. The largest absolute Gasteiger partial charge is 0.462 e. The first-order chi connectivity index (χ1) is 4.11. The zero-order valence-corrected chi connectivity index (χ0v) is 6.31. The summed E-state index contributed by atoms with van der Waals surface area (Å²) in [7, 11) is 0.0116. The van der Waals surface area contributed by atoms with Gasteiger partial charge in [-0.25, -0.2) is 0 Å². The zero-order valence-electron chi connectivity index (χ0n) is 6.31. The SMILES string of the molecule is CC(C)(C)B1OCCO1. The molecule has 0 N–H and O–H groups in total. The van der Waals surface area contributed by atoms with Crippen molar-refractivity contribution in [2.24, 2.45) is 0 Å². The highest BCUT2D eigenvalue weighted by molar-refractivity contribution is 6.48. The number of hydrogen-bond donors (Lipinski definition) is 0. The Morgan fingerprint density at radius 3 is 1.78 bits per heavy atom. The molecule has 0 spiro atoms.